The maximum atomic E-state index is 5.77. The van der Waals surface area contributed by atoms with Gasteiger partial charge in [0.2, 0.25) is 0 Å². The van der Waals surface area contributed by atoms with E-state index in [1.165, 1.54) is 36.5 Å². The number of nitrogens with one attached hydrogen (secondary N) is 1. The highest BCUT2D eigenvalue weighted by atomic mass is 32.2. The molecule has 2 aromatic rings. The first-order valence-corrected chi connectivity index (χ1v) is 7.79. The van der Waals surface area contributed by atoms with E-state index in [1.807, 2.05) is 17.8 Å². The average molecular weight is 260 g/mol. The van der Waals surface area contributed by atoms with E-state index in [0.29, 0.717) is 12.0 Å². The van der Waals surface area contributed by atoms with Gasteiger partial charge in [0.25, 0.3) is 0 Å². The van der Waals surface area contributed by atoms with Crippen molar-refractivity contribution in [3.05, 3.63) is 24.1 Å². The van der Waals surface area contributed by atoms with Gasteiger partial charge < -0.3 is 9.73 Å². The van der Waals surface area contributed by atoms with Gasteiger partial charge in [-0.2, -0.15) is 11.8 Å². The molecule has 1 saturated heterocycles. The van der Waals surface area contributed by atoms with Gasteiger partial charge in [-0.05, 0) is 43.2 Å². The minimum Gasteiger partial charge on any atom is -0.440 e. The van der Waals surface area contributed by atoms with Gasteiger partial charge in [-0.3, -0.25) is 0 Å². The number of aromatic nitrogens is 1. The second-order valence-corrected chi connectivity index (χ2v) is 6.36. The highest BCUT2D eigenvalue weighted by molar-refractivity contribution is 7.99. The topological polar surface area (TPSA) is 38.1 Å². The average Bonchev–Trinajstić information content (AvgIpc) is 2.95. The van der Waals surface area contributed by atoms with E-state index in [0.717, 1.165) is 17.0 Å². The largest absolute Gasteiger partial charge is 0.440 e. The molecule has 1 unspecified atom stereocenters. The number of anilines is 1. The molecular weight excluding hydrogens is 244 g/mol. The number of rotatable bonds is 3. The van der Waals surface area contributed by atoms with E-state index < -0.39 is 0 Å². The smallest absolute Gasteiger partial charge is 0.198 e. The minimum absolute atomic E-state index is 0.583. The summed E-state index contributed by atoms with van der Waals surface area (Å²) in [6, 6.07) is 6.88. The lowest BCUT2D eigenvalue weighted by Gasteiger charge is -2.12. The number of fused-ring (bicyclic) bond motifs is 1. The molecule has 0 radical (unpaired) electrons. The lowest BCUT2D eigenvalue weighted by Crippen LogP contribution is -2.17. The van der Waals surface area contributed by atoms with Crippen LogP contribution in [0.2, 0.25) is 0 Å². The molecule has 0 bridgehead atoms. The van der Waals surface area contributed by atoms with Gasteiger partial charge in [-0.1, -0.05) is 0 Å². The first kappa shape index (κ1) is 10.7. The summed E-state index contributed by atoms with van der Waals surface area (Å²) >= 11 is 2.02. The molecule has 1 aliphatic carbocycles. The normalized spacial score (nSPS) is 23.7. The fourth-order valence-electron chi connectivity index (χ4n) is 2.42. The van der Waals surface area contributed by atoms with E-state index in [4.69, 9.17) is 4.42 Å². The third-order valence-electron chi connectivity index (χ3n) is 3.63. The van der Waals surface area contributed by atoms with Crippen LogP contribution in [0.25, 0.3) is 11.1 Å². The van der Waals surface area contributed by atoms with E-state index in [-0.39, 0.29) is 0 Å². The molecule has 1 aliphatic heterocycles. The van der Waals surface area contributed by atoms with Crippen molar-refractivity contribution in [2.45, 2.75) is 31.2 Å². The molecule has 1 N–H and O–H groups in total. The van der Waals surface area contributed by atoms with Gasteiger partial charge in [0.1, 0.15) is 5.52 Å². The lowest BCUT2D eigenvalue weighted by molar-refractivity contribution is 0.533. The second kappa shape index (κ2) is 4.19. The molecular formula is C14H16N2OS. The molecule has 1 aromatic heterocycles. The standard InChI is InChI=1S/C14H16N2OS/c1-2-9(1)14-16-12-7-10(3-4-13(12)17-14)15-11-5-6-18-8-11/h3-4,7,9,11,15H,1-2,5-6,8H2. The van der Waals surface area contributed by atoms with Gasteiger partial charge in [0, 0.05) is 23.4 Å². The molecule has 3 nitrogen and oxygen atoms in total. The zero-order chi connectivity index (χ0) is 11.9. The van der Waals surface area contributed by atoms with Gasteiger partial charge in [0.15, 0.2) is 11.5 Å². The predicted molar refractivity (Wildman–Crippen MR) is 75.3 cm³/mol. The summed E-state index contributed by atoms with van der Waals surface area (Å²) in [4.78, 5) is 4.60. The molecule has 2 heterocycles. The molecule has 94 valence electrons. The number of thioether (sulfide) groups is 1. The van der Waals surface area contributed by atoms with Crippen molar-refractivity contribution in [3.8, 4) is 0 Å². The molecule has 1 atom stereocenters. The number of benzene rings is 1. The van der Waals surface area contributed by atoms with Crippen molar-refractivity contribution >= 4 is 28.5 Å². The molecule has 2 aliphatic rings. The summed E-state index contributed by atoms with van der Waals surface area (Å²) in [5.74, 6) is 4.00. The fourth-order valence-corrected chi connectivity index (χ4v) is 3.58. The quantitative estimate of drug-likeness (QED) is 0.914. The highest BCUT2D eigenvalue weighted by Gasteiger charge is 2.28. The first-order chi connectivity index (χ1) is 8.88. The van der Waals surface area contributed by atoms with E-state index in [2.05, 4.69) is 22.4 Å². The van der Waals surface area contributed by atoms with Gasteiger partial charge in [-0.25, -0.2) is 4.98 Å². The monoisotopic (exact) mass is 260 g/mol. The number of hydrogen-bond acceptors (Lipinski definition) is 4. The van der Waals surface area contributed by atoms with Crippen LogP contribution in [0.3, 0.4) is 0 Å². The Bertz CT molecular complexity index is 570. The molecule has 0 spiro atoms. The SMILES string of the molecule is c1cc2oc(C3CC3)nc2cc1NC1CCSC1. The fraction of sp³-hybridized carbons (Fsp3) is 0.500. The lowest BCUT2D eigenvalue weighted by atomic mass is 10.2. The predicted octanol–water partition coefficient (Wildman–Crippen LogP) is 3.62. The van der Waals surface area contributed by atoms with Crippen molar-refractivity contribution in [1.82, 2.24) is 4.98 Å². The summed E-state index contributed by atoms with van der Waals surface area (Å²) in [7, 11) is 0. The molecule has 0 amide bonds. The van der Waals surface area contributed by atoms with Gasteiger partial charge in [0.05, 0.1) is 0 Å². The Balaban J connectivity index is 1.61. The third kappa shape index (κ3) is 1.99. The molecule has 2 fully saturated rings. The van der Waals surface area contributed by atoms with Crippen LogP contribution in [-0.4, -0.2) is 22.5 Å². The number of oxazole rings is 1. The van der Waals surface area contributed by atoms with Crippen molar-refractivity contribution in [1.29, 1.82) is 0 Å². The maximum absolute atomic E-state index is 5.77. The van der Waals surface area contributed by atoms with Crippen molar-refractivity contribution in [2.24, 2.45) is 0 Å². The van der Waals surface area contributed by atoms with E-state index >= 15 is 0 Å². The Hall–Kier alpha value is -1.16. The van der Waals surface area contributed by atoms with Gasteiger partial charge in [-0.15, -0.1) is 0 Å². The highest BCUT2D eigenvalue weighted by Crippen LogP contribution is 2.40. The molecule has 1 saturated carbocycles. The van der Waals surface area contributed by atoms with Crippen LogP contribution < -0.4 is 5.32 Å². The first-order valence-electron chi connectivity index (χ1n) is 6.63. The summed E-state index contributed by atoms with van der Waals surface area (Å²) in [6.45, 7) is 0. The van der Waals surface area contributed by atoms with Crippen LogP contribution in [0.5, 0.6) is 0 Å². The van der Waals surface area contributed by atoms with Crippen LogP contribution in [0.1, 0.15) is 31.1 Å². The Morgan fingerprint density at radius 1 is 1.28 bits per heavy atom. The van der Waals surface area contributed by atoms with E-state index in [9.17, 15) is 0 Å². The second-order valence-electron chi connectivity index (χ2n) is 5.21. The summed E-state index contributed by atoms with van der Waals surface area (Å²) in [5.41, 5.74) is 3.08. The zero-order valence-corrected chi connectivity index (χ0v) is 11.0. The van der Waals surface area contributed by atoms with Crippen LogP contribution in [-0.2, 0) is 0 Å². The van der Waals surface area contributed by atoms with E-state index in [1.54, 1.807) is 0 Å². The Morgan fingerprint density at radius 2 is 2.22 bits per heavy atom. The Kier molecular flexibility index (Phi) is 2.50. The number of hydrogen-bond donors (Lipinski definition) is 1. The van der Waals surface area contributed by atoms with Crippen LogP contribution in [0.15, 0.2) is 22.6 Å². The van der Waals surface area contributed by atoms with Crippen molar-refractivity contribution < 1.29 is 4.42 Å². The molecule has 4 rings (SSSR count). The summed E-state index contributed by atoms with van der Waals surface area (Å²) in [5, 5.41) is 3.58. The molecule has 4 heteroatoms. The van der Waals surface area contributed by atoms with Crippen molar-refractivity contribution in [3.63, 3.8) is 0 Å². The molecule has 1 aromatic carbocycles. The Labute approximate surface area is 110 Å². The Morgan fingerprint density at radius 3 is 3.00 bits per heavy atom. The zero-order valence-electron chi connectivity index (χ0n) is 10.2. The van der Waals surface area contributed by atoms with Crippen LogP contribution in [0, 0.1) is 0 Å². The minimum atomic E-state index is 0.583. The summed E-state index contributed by atoms with van der Waals surface area (Å²) < 4.78 is 5.77. The third-order valence-corrected chi connectivity index (χ3v) is 4.79. The van der Waals surface area contributed by atoms with Crippen LogP contribution >= 0.6 is 11.8 Å². The van der Waals surface area contributed by atoms with Gasteiger partial charge >= 0.3 is 0 Å². The number of nitrogens with zero attached hydrogens (tertiary/aromatic N) is 1. The maximum Gasteiger partial charge on any atom is 0.198 e. The summed E-state index contributed by atoms with van der Waals surface area (Å²) in [6.07, 6.45) is 3.73. The van der Waals surface area contributed by atoms with Crippen molar-refractivity contribution in [2.75, 3.05) is 16.8 Å². The van der Waals surface area contributed by atoms with Crippen LogP contribution in [0.4, 0.5) is 5.69 Å². The molecule has 18 heavy (non-hydrogen) atoms.